The maximum Gasteiger partial charge on any atom is 0.224 e. The van der Waals surface area contributed by atoms with E-state index >= 15 is 0 Å². The van der Waals surface area contributed by atoms with Crippen LogP contribution in [-0.4, -0.2) is 43.7 Å². The number of nitrogens with zero attached hydrogens (tertiary/aromatic N) is 1. The highest BCUT2D eigenvalue weighted by Crippen LogP contribution is 2.18. The minimum Gasteiger partial charge on any atom is -0.378 e. The Morgan fingerprint density at radius 1 is 1.38 bits per heavy atom. The number of halogens is 2. The molecule has 1 aliphatic heterocycles. The first kappa shape index (κ1) is 15.9. The molecule has 6 heteroatoms. The monoisotopic (exact) mass is 298 g/mol. The molecule has 1 amide bonds. The molecule has 1 aromatic rings. The van der Waals surface area contributed by atoms with Crippen molar-refractivity contribution in [3.8, 4) is 0 Å². The van der Waals surface area contributed by atoms with E-state index in [9.17, 15) is 13.6 Å². The normalized spacial score (nSPS) is 16.8. The molecule has 0 spiro atoms. The molecule has 1 atom stereocenters. The van der Waals surface area contributed by atoms with Gasteiger partial charge in [0, 0.05) is 37.7 Å². The number of ether oxygens (including phenoxy) is 1. The summed E-state index contributed by atoms with van der Waals surface area (Å²) in [7, 11) is 0. The molecule has 0 aliphatic carbocycles. The number of nitrogens with one attached hydrogen (secondary N) is 1. The number of benzene rings is 1. The predicted molar refractivity (Wildman–Crippen MR) is 74.8 cm³/mol. The molecule has 1 aliphatic rings. The number of amides is 1. The van der Waals surface area contributed by atoms with Gasteiger partial charge in [-0.1, -0.05) is 12.1 Å². The summed E-state index contributed by atoms with van der Waals surface area (Å²) in [6, 6.07) is 3.76. The van der Waals surface area contributed by atoms with Crippen LogP contribution >= 0.6 is 0 Å². The standard InChI is InChI=1S/C15H20F2N2O2/c1-11(12-3-2-4-13(16)15(12)17)18-6-5-14(20)19-7-9-21-10-8-19/h2-4,11,18H,5-10H2,1H3. The van der Waals surface area contributed by atoms with Crippen molar-refractivity contribution < 1.29 is 18.3 Å². The van der Waals surface area contributed by atoms with E-state index in [1.54, 1.807) is 17.9 Å². The number of hydrogen-bond acceptors (Lipinski definition) is 3. The molecule has 116 valence electrons. The third-order valence-electron chi connectivity index (χ3n) is 3.60. The molecule has 0 saturated carbocycles. The van der Waals surface area contributed by atoms with Crippen LogP contribution in [0.25, 0.3) is 0 Å². The molecular weight excluding hydrogens is 278 g/mol. The first-order valence-corrected chi connectivity index (χ1v) is 7.12. The van der Waals surface area contributed by atoms with E-state index in [1.165, 1.54) is 6.07 Å². The zero-order valence-corrected chi connectivity index (χ0v) is 12.1. The summed E-state index contributed by atoms with van der Waals surface area (Å²) < 4.78 is 32.0. The number of carbonyl (C=O) groups is 1. The summed E-state index contributed by atoms with van der Waals surface area (Å²) in [6.07, 6.45) is 0.335. The van der Waals surface area contributed by atoms with E-state index in [1.807, 2.05) is 0 Å². The van der Waals surface area contributed by atoms with Crippen molar-refractivity contribution >= 4 is 5.91 Å². The smallest absolute Gasteiger partial charge is 0.224 e. The van der Waals surface area contributed by atoms with Crippen LogP contribution < -0.4 is 5.32 Å². The molecular formula is C15H20F2N2O2. The average molecular weight is 298 g/mol. The van der Waals surface area contributed by atoms with E-state index in [0.717, 1.165) is 6.07 Å². The highest BCUT2D eigenvalue weighted by molar-refractivity contribution is 5.76. The van der Waals surface area contributed by atoms with Crippen molar-refractivity contribution in [1.29, 1.82) is 0 Å². The van der Waals surface area contributed by atoms with Crippen LogP contribution in [0.3, 0.4) is 0 Å². The van der Waals surface area contributed by atoms with Gasteiger partial charge in [0.2, 0.25) is 5.91 Å². The fourth-order valence-corrected chi connectivity index (χ4v) is 2.33. The minimum atomic E-state index is -0.856. The van der Waals surface area contributed by atoms with E-state index in [4.69, 9.17) is 4.74 Å². The van der Waals surface area contributed by atoms with Gasteiger partial charge >= 0.3 is 0 Å². The Kier molecular flexibility index (Phi) is 5.64. The first-order chi connectivity index (χ1) is 10.1. The third kappa shape index (κ3) is 4.22. The molecule has 1 fully saturated rings. The summed E-state index contributed by atoms with van der Waals surface area (Å²) in [5.74, 6) is -1.64. The first-order valence-electron chi connectivity index (χ1n) is 7.12. The van der Waals surface area contributed by atoms with Gasteiger partial charge in [-0.2, -0.15) is 0 Å². The van der Waals surface area contributed by atoms with Gasteiger partial charge in [-0.3, -0.25) is 4.79 Å². The van der Waals surface area contributed by atoms with Crippen LogP contribution in [-0.2, 0) is 9.53 Å². The molecule has 21 heavy (non-hydrogen) atoms. The average Bonchev–Trinajstić information content (AvgIpc) is 2.50. The van der Waals surface area contributed by atoms with Crippen LogP contribution in [0.5, 0.6) is 0 Å². The van der Waals surface area contributed by atoms with Crippen molar-refractivity contribution in [2.75, 3.05) is 32.8 Å². The van der Waals surface area contributed by atoms with Crippen molar-refractivity contribution in [2.24, 2.45) is 0 Å². The van der Waals surface area contributed by atoms with Crippen LogP contribution in [0.15, 0.2) is 18.2 Å². The second kappa shape index (κ2) is 7.47. The SMILES string of the molecule is CC(NCCC(=O)N1CCOCC1)c1cccc(F)c1F. The van der Waals surface area contributed by atoms with Gasteiger partial charge in [-0.15, -0.1) is 0 Å². The van der Waals surface area contributed by atoms with Crippen molar-refractivity contribution in [2.45, 2.75) is 19.4 Å². The van der Waals surface area contributed by atoms with Crippen LogP contribution in [0.4, 0.5) is 8.78 Å². The maximum absolute atomic E-state index is 13.6. The Bertz CT molecular complexity index is 491. The van der Waals surface area contributed by atoms with Gasteiger partial charge in [0.1, 0.15) is 0 Å². The molecule has 1 heterocycles. The molecule has 0 bridgehead atoms. The summed E-state index contributed by atoms with van der Waals surface area (Å²) in [6.45, 7) is 4.55. The fraction of sp³-hybridized carbons (Fsp3) is 0.533. The zero-order valence-electron chi connectivity index (χ0n) is 12.1. The molecule has 1 N–H and O–H groups in total. The molecule has 1 aromatic carbocycles. The summed E-state index contributed by atoms with van der Waals surface area (Å²) in [5, 5.41) is 3.05. The van der Waals surface area contributed by atoms with Gasteiger partial charge in [0.15, 0.2) is 11.6 Å². The number of morpholine rings is 1. The second-order valence-electron chi connectivity index (χ2n) is 5.06. The van der Waals surface area contributed by atoms with Crippen molar-refractivity contribution in [3.05, 3.63) is 35.4 Å². The maximum atomic E-state index is 13.6. The summed E-state index contributed by atoms with van der Waals surface area (Å²) in [5.41, 5.74) is 0.272. The fourth-order valence-electron chi connectivity index (χ4n) is 2.33. The van der Waals surface area contributed by atoms with Gasteiger partial charge in [0.25, 0.3) is 0 Å². The van der Waals surface area contributed by atoms with E-state index in [0.29, 0.717) is 39.3 Å². The topological polar surface area (TPSA) is 41.6 Å². The lowest BCUT2D eigenvalue weighted by Crippen LogP contribution is -2.41. The summed E-state index contributed by atoms with van der Waals surface area (Å²) in [4.78, 5) is 13.7. The van der Waals surface area contributed by atoms with Gasteiger partial charge < -0.3 is 15.0 Å². The number of carbonyl (C=O) groups excluding carboxylic acids is 1. The van der Waals surface area contributed by atoms with Crippen molar-refractivity contribution in [3.63, 3.8) is 0 Å². The van der Waals surface area contributed by atoms with E-state index in [2.05, 4.69) is 5.32 Å². The largest absolute Gasteiger partial charge is 0.378 e. The predicted octanol–water partition coefficient (Wildman–Crippen LogP) is 1.86. The van der Waals surface area contributed by atoms with Crippen LogP contribution in [0.2, 0.25) is 0 Å². The van der Waals surface area contributed by atoms with Crippen molar-refractivity contribution in [1.82, 2.24) is 10.2 Å². The number of hydrogen-bond donors (Lipinski definition) is 1. The zero-order chi connectivity index (χ0) is 15.2. The highest BCUT2D eigenvalue weighted by atomic mass is 19.2. The number of rotatable bonds is 5. The van der Waals surface area contributed by atoms with Gasteiger partial charge in [-0.25, -0.2) is 8.78 Å². The van der Waals surface area contributed by atoms with E-state index < -0.39 is 11.6 Å². The van der Waals surface area contributed by atoms with E-state index in [-0.39, 0.29) is 17.5 Å². The highest BCUT2D eigenvalue weighted by Gasteiger charge is 2.17. The Hall–Kier alpha value is -1.53. The lowest BCUT2D eigenvalue weighted by Gasteiger charge is -2.27. The summed E-state index contributed by atoms with van der Waals surface area (Å²) >= 11 is 0. The van der Waals surface area contributed by atoms with Crippen LogP contribution in [0.1, 0.15) is 24.9 Å². The molecule has 0 aromatic heterocycles. The molecule has 0 radical (unpaired) electrons. The third-order valence-corrected chi connectivity index (χ3v) is 3.60. The molecule has 1 saturated heterocycles. The van der Waals surface area contributed by atoms with Gasteiger partial charge in [-0.05, 0) is 13.0 Å². The Balaban J connectivity index is 1.80. The Labute approximate surface area is 123 Å². The van der Waals surface area contributed by atoms with Crippen LogP contribution in [0, 0.1) is 11.6 Å². The second-order valence-corrected chi connectivity index (χ2v) is 5.06. The Morgan fingerprint density at radius 3 is 2.81 bits per heavy atom. The van der Waals surface area contributed by atoms with Gasteiger partial charge in [0.05, 0.1) is 13.2 Å². The lowest BCUT2D eigenvalue weighted by molar-refractivity contribution is -0.135. The molecule has 1 unspecified atom stereocenters. The minimum absolute atomic E-state index is 0.0534. The molecule has 2 rings (SSSR count). The molecule has 4 nitrogen and oxygen atoms in total. The quantitative estimate of drug-likeness (QED) is 0.902. The lowest BCUT2D eigenvalue weighted by atomic mass is 10.1. The Morgan fingerprint density at radius 2 is 2.10 bits per heavy atom.